The van der Waals surface area contributed by atoms with Crippen molar-refractivity contribution in [2.24, 2.45) is 0 Å². The summed E-state index contributed by atoms with van der Waals surface area (Å²) >= 11 is 4.51. The van der Waals surface area contributed by atoms with E-state index < -0.39 is 0 Å². The molecule has 1 aromatic carbocycles. The van der Waals surface area contributed by atoms with Crippen LogP contribution in [0.15, 0.2) is 30.3 Å². The van der Waals surface area contributed by atoms with Crippen molar-refractivity contribution in [2.45, 2.75) is 6.16 Å². The van der Waals surface area contributed by atoms with Gasteiger partial charge in [0.15, 0.2) is 0 Å². The second-order valence-corrected chi connectivity index (χ2v) is 11.3. The lowest BCUT2D eigenvalue weighted by Crippen LogP contribution is -1.75. The van der Waals surface area contributed by atoms with E-state index in [1.807, 2.05) is 11.4 Å². The molecule has 1 aromatic rings. The van der Waals surface area contributed by atoms with Gasteiger partial charge in [0.2, 0.25) is 0 Å². The first-order valence-corrected chi connectivity index (χ1v) is 9.48. The first kappa shape index (κ1) is 13.2. The third-order valence-corrected chi connectivity index (χ3v) is 8.50. The SMILES string of the molecule is CSP(I)Cc1ccccc1.P. The minimum atomic E-state index is 0. The van der Waals surface area contributed by atoms with Crippen LogP contribution in [0.4, 0.5) is 0 Å². The molecule has 2 unspecified atom stereocenters. The molecule has 0 aliphatic rings. The second kappa shape index (κ2) is 7.55. The maximum Gasteiger partial charge on any atom is 0.0226 e. The van der Waals surface area contributed by atoms with Crippen molar-refractivity contribution in [2.75, 3.05) is 6.26 Å². The number of hydrogen-bond acceptors (Lipinski definition) is 1. The van der Waals surface area contributed by atoms with E-state index in [1.54, 1.807) is 0 Å². The zero-order valence-corrected chi connectivity index (χ0v) is 12.3. The standard InChI is InChI=1S/C8H10IPS.H3P/c1-11-10(9)7-8-5-3-2-4-6-8;/h2-6H,7H2,1H3;1H3. The molecule has 0 heterocycles. The van der Waals surface area contributed by atoms with Gasteiger partial charge in [-0.3, -0.25) is 0 Å². The molecule has 0 radical (unpaired) electrons. The van der Waals surface area contributed by atoms with E-state index in [4.69, 9.17) is 0 Å². The van der Waals surface area contributed by atoms with Crippen LogP contribution in [0, 0.1) is 0 Å². The Morgan fingerprint density at radius 2 is 1.92 bits per heavy atom. The normalized spacial score (nSPS) is 11.8. The Morgan fingerprint density at radius 1 is 1.33 bits per heavy atom. The predicted octanol–water partition coefficient (Wildman–Crippen LogP) is 4.35. The lowest BCUT2D eigenvalue weighted by molar-refractivity contribution is 1.42. The van der Waals surface area contributed by atoms with Crippen LogP contribution in [0.5, 0.6) is 0 Å². The number of benzene rings is 1. The first-order valence-electron chi connectivity index (χ1n) is 3.34. The van der Waals surface area contributed by atoms with Gasteiger partial charge in [0.1, 0.15) is 0 Å². The molecule has 0 aliphatic heterocycles. The molecule has 0 spiro atoms. The fourth-order valence-electron chi connectivity index (χ4n) is 0.792. The zero-order valence-electron chi connectivity index (χ0n) is 7.03. The molecule has 68 valence electrons. The average Bonchev–Trinajstić information content (AvgIpc) is 2.06. The fraction of sp³-hybridized carbons (Fsp3) is 0.250. The van der Waals surface area contributed by atoms with Crippen LogP contribution in [0.2, 0.25) is 0 Å². The Balaban J connectivity index is 0.00000121. The molecule has 2 atom stereocenters. The Labute approximate surface area is 95.9 Å². The molecule has 0 N–H and O–H groups in total. The molecule has 0 nitrogen and oxygen atoms in total. The number of halogens is 1. The van der Waals surface area contributed by atoms with E-state index in [0.29, 0.717) is 0 Å². The summed E-state index contributed by atoms with van der Waals surface area (Å²) in [5.74, 6) is 0. The summed E-state index contributed by atoms with van der Waals surface area (Å²) in [7, 11) is 0. The van der Waals surface area contributed by atoms with Gasteiger partial charge in [-0.05, 0) is 33.9 Å². The molecule has 1 rings (SSSR count). The summed E-state index contributed by atoms with van der Waals surface area (Å²) in [6, 6.07) is 10.7. The Kier molecular flexibility index (Phi) is 8.28. The summed E-state index contributed by atoms with van der Waals surface area (Å²) in [5, 5.41) is 0. The largest absolute Gasteiger partial charge is 0.153 e. The third-order valence-electron chi connectivity index (χ3n) is 1.35. The van der Waals surface area contributed by atoms with Crippen LogP contribution in [0.1, 0.15) is 5.56 Å². The summed E-state index contributed by atoms with van der Waals surface area (Å²) in [5.41, 5.74) is 1.46. The van der Waals surface area contributed by atoms with Gasteiger partial charge in [0.25, 0.3) is 0 Å². The molecule has 0 saturated heterocycles. The topological polar surface area (TPSA) is 0 Å². The second-order valence-electron chi connectivity index (χ2n) is 2.14. The molecule has 0 fully saturated rings. The van der Waals surface area contributed by atoms with Crippen LogP contribution < -0.4 is 0 Å². The van der Waals surface area contributed by atoms with Crippen molar-refractivity contribution < 1.29 is 0 Å². The smallest absolute Gasteiger partial charge is 0.0226 e. The molecule has 0 aromatic heterocycles. The zero-order chi connectivity index (χ0) is 8.10. The summed E-state index contributed by atoms with van der Waals surface area (Å²) in [6.07, 6.45) is 3.42. The van der Waals surface area contributed by atoms with Gasteiger partial charge in [-0.25, -0.2) is 0 Å². The molecule has 4 heteroatoms. The summed E-state index contributed by atoms with van der Waals surface area (Å²) in [6.45, 7) is 0. The van der Waals surface area contributed by atoms with Crippen molar-refractivity contribution in [3.05, 3.63) is 35.9 Å². The molecule has 12 heavy (non-hydrogen) atoms. The molecule has 0 amide bonds. The Morgan fingerprint density at radius 3 is 2.42 bits per heavy atom. The van der Waals surface area contributed by atoms with E-state index in [9.17, 15) is 0 Å². The minimum absolute atomic E-state index is 0. The van der Waals surface area contributed by atoms with E-state index in [0.717, 1.165) is 0 Å². The third kappa shape index (κ3) is 5.01. The molecule has 0 saturated carbocycles. The molecule has 0 aliphatic carbocycles. The number of hydrogen-bond donors (Lipinski definition) is 0. The van der Waals surface area contributed by atoms with Crippen LogP contribution in [0.25, 0.3) is 0 Å². The van der Waals surface area contributed by atoms with Gasteiger partial charge in [0, 0.05) is 10.9 Å². The van der Waals surface area contributed by atoms with E-state index in [2.05, 4.69) is 58.6 Å². The van der Waals surface area contributed by atoms with Gasteiger partial charge in [-0.1, -0.05) is 30.3 Å². The lowest BCUT2D eigenvalue weighted by Gasteiger charge is -2.04. The van der Waals surface area contributed by atoms with Crippen LogP contribution in [-0.4, -0.2) is 6.26 Å². The maximum atomic E-state index is 2.54. The van der Waals surface area contributed by atoms with Crippen molar-refractivity contribution in [1.82, 2.24) is 0 Å². The Hall–Kier alpha value is 1.16. The molecular weight excluding hydrogens is 317 g/mol. The fourth-order valence-corrected chi connectivity index (χ4v) is 3.43. The van der Waals surface area contributed by atoms with Crippen molar-refractivity contribution in [3.63, 3.8) is 0 Å². The highest BCUT2D eigenvalue weighted by Crippen LogP contribution is 2.58. The highest BCUT2D eigenvalue weighted by atomic mass is 127. The van der Waals surface area contributed by atoms with E-state index in [-0.39, 0.29) is 14.7 Å². The van der Waals surface area contributed by atoms with E-state index in [1.165, 1.54) is 11.7 Å². The molecular formula is C8H13IP2S. The predicted molar refractivity (Wildman–Crippen MR) is 75.7 cm³/mol. The maximum absolute atomic E-state index is 2.54. The van der Waals surface area contributed by atoms with Gasteiger partial charge in [0.05, 0.1) is 0 Å². The highest BCUT2D eigenvalue weighted by molar-refractivity contribution is 14.2. The van der Waals surface area contributed by atoms with Crippen LogP contribution >= 0.6 is 48.1 Å². The minimum Gasteiger partial charge on any atom is -0.153 e. The Bertz CT molecular complexity index is 205. The highest BCUT2D eigenvalue weighted by Gasteiger charge is 2.00. The lowest BCUT2D eigenvalue weighted by atomic mass is 10.2. The monoisotopic (exact) mass is 330 g/mol. The van der Waals surface area contributed by atoms with Crippen molar-refractivity contribution in [3.8, 4) is 0 Å². The average molecular weight is 330 g/mol. The van der Waals surface area contributed by atoms with Gasteiger partial charge < -0.3 is 0 Å². The summed E-state index contributed by atoms with van der Waals surface area (Å²) < 4.78 is 0.132. The van der Waals surface area contributed by atoms with Gasteiger partial charge in [-0.2, -0.15) is 9.90 Å². The van der Waals surface area contributed by atoms with Crippen LogP contribution in [0.3, 0.4) is 0 Å². The first-order chi connectivity index (χ1) is 5.33. The summed E-state index contributed by atoms with van der Waals surface area (Å²) in [4.78, 5) is 0. The van der Waals surface area contributed by atoms with Gasteiger partial charge >= 0.3 is 0 Å². The number of rotatable bonds is 3. The quantitative estimate of drug-likeness (QED) is 0.586. The van der Waals surface area contributed by atoms with E-state index >= 15 is 0 Å². The van der Waals surface area contributed by atoms with Gasteiger partial charge in [-0.15, -0.1) is 11.4 Å². The van der Waals surface area contributed by atoms with Crippen molar-refractivity contribution >= 4 is 48.1 Å². The van der Waals surface area contributed by atoms with Crippen molar-refractivity contribution in [1.29, 1.82) is 0 Å². The molecule has 0 bridgehead atoms. The van der Waals surface area contributed by atoms with Crippen LogP contribution in [-0.2, 0) is 6.16 Å².